The number of nitrogens with zero attached hydrogens (tertiary/aromatic N) is 1. The first-order valence-corrected chi connectivity index (χ1v) is 7.63. The predicted molar refractivity (Wildman–Crippen MR) is 74.4 cm³/mol. The molecule has 104 valence electrons. The lowest BCUT2D eigenvalue weighted by atomic mass is 9.86. The molecule has 0 aromatic heterocycles. The molecule has 0 atom stereocenters. The minimum atomic E-state index is 0.376. The summed E-state index contributed by atoms with van der Waals surface area (Å²) in [7, 11) is 2.02. The van der Waals surface area contributed by atoms with Gasteiger partial charge in [0.05, 0.1) is 0 Å². The zero-order valence-corrected chi connectivity index (χ0v) is 12.0. The van der Waals surface area contributed by atoms with Crippen LogP contribution < -0.4 is 5.32 Å². The second-order valence-corrected chi connectivity index (χ2v) is 6.32. The predicted octanol–water partition coefficient (Wildman–Crippen LogP) is 2.41. The number of nitrogens with one attached hydrogen (secondary N) is 1. The molecule has 1 N–H and O–H groups in total. The molecule has 0 spiro atoms. The number of piperidine rings is 1. The topological polar surface area (TPSA) is 32.3 Å². The number of hydrogen-bond acceptors (Lipinski definition) is 2. The third kappa shape index (κ3) is 3.71. The van der Waals surface area contributed by atoms with Crippen molar-refractivity contribution < 1.29 is 4.79 Å². The third-order valence-electron chi connectivity index (χ3n) is 4.85. The molecule has 0 bridgehead atoms. The Hall–Kier alpha value is -0.570. The maximum atomic E-state index is 12.3. The molecule has 2 fully saturated rings. The molecule has 2 rings (SSSR count). The lowest BCUT2D eigenvalue weighted by Crippen LogP contribution is -2.40. The van der Waals surface area contributed by atoms with Gasteiger partial charge in [0.1, 0.15) is 0 Å². The summed E-state index contributed by atoms with van der Waals surface area (Å²) in [6.45, 7) is 4.50. The Balaban J connectivity index is 1.77. The van der Waals surface area contributed by atoms with Crippen LogP contribution in [0.1, 0.15) is 51.9 Å². The van der Waals surface area contributed by atoms with E-state index in [4.69, 9.17) is 0 Å². The van der Waals surface area contributed by atoms with Gasteiger partial charge in [-0.15, -0.1) is 0 Å². The summed E-state index contributed by atoms with van der Waals surface area (Å²) >= 11 is 0. The van der Waals surface area contributed by atoms with Crippen LogP contribution in [0.2, 0.25) is 0 Å². The van der Waals surface area contributed by atoms with Crippen LogP contribution in [0.15, 0.2) is 0 Å². The molecule has 1 amide bonds. The highest BCUT2D eigenvalue weighted by Crippen LogP contribution is 2.27. The molecule has 1 aliphatic heterocycles. The molecule has 3 nitrogen and oxygen atoms in total. The number of rotatable bonds is 3. The third-order valence-corrected chi connectivity index (χ3v) is 4.85. The summed E-state index contributed by atoms with van der Waals surface area (Å²) in [5.41, 5.74) is 0. The van der Waals surface area contributed by atoms with Crippen molar-refractivity contribution in [2.75, 3.05) is 20.1 Å². The van der Waals surface area contributed by atoms with E-state index in [0.717, 1.165) is 25.4 Å². The Kier molecular flexibility index (Phi) is 5.04. The van der Waals surface area contributed by atoms with E-state index in [-0.39, 0.29) is 0 Å². The average Bonchev–Trinajstić information content (AvgIpc) is 2.40. The fourth-order valence-corrected chi connectivity index (χ4v) is 3.31. The van der Waals surface area contributed by atoms with Crippen LogP contribution in [0.4, 0.5) is 0 Å². The van der Waals surface area contributed by atoms with Crippen molar-refractivity contribution in [3.05, 3.63) is 0 Å². The maximum Gasteiger partial charge on any atom is 0.222 e. The van der Waals surface area contributed by atoms with Crippen molar-refractivity contribution in [2.45, 2.75) is 57.9 Å². The van der Waals surface area contributed by atoms with E-state index in [2.05, 4.69) is 12.2 Å². The van der Waals surface area contributed by atoms with Crippen LogP contribution in [0.3, 0.4) is 0 Å². The lowest BCUT2D eigenvalue weighted by molar-refractivity contribution is -0.133. The molecule has 0 unspecified atom stereocenters. The Morgan fingerprint density at radius 1 is 1.11 bits per heavy atom. The second-order valence-electron chi connectivity index (χ2n) is 6.32. The molecule has 2 aliphatic rings. The largest absolute Gasteiger partial charge is 0.343 e. The van der Waals surface area contributed by atoms with Gasteiger partial charge in [-0.25, -0.2) is 0 Å². The quantitative estimate of drug-likeness (QED) is 0.836. The zero-order chi connectivity index (χ0) is 13.0. The maximum absolute atomic E-state index is 12.3. The van der Waals surface area contributed by atoms with Gasteiger partial charge in [-0.1, -0.05) is 6.92 Å². The molecule has 0 aromatic carbocycles. The van der Waals surface area contributed by atoms with Crippen molar-refractivity contribution in [2.24, 2.45) is 11.8 Å². The molecular weight excluding hydrogens is 224 g/mol. The van der Waals surface area contributed by atoms with E-state index in [0.29, 0.717) is 17.9 Å². The minimum Gasteiger partial charge on any atom is -0.343 e. The highest BCUT2D eigenvalue weighted by Gasteiger charge is 2.26. The zero-order valence-electron chi connectivity index (χ0n) is 12.0. The van der Waals surface area contributed by atoms with Gasteiger partial charge in [0, 0.05) is 19.5 Å². The average molecular weight is 252 g/mol. The Morgan fingerprint density at radius 2 is 1.72 bits per heavy atom. The molecule has 1 aliphatic carbocycles. The highest BCUT2D eigenvalue weighted by molar-refractivity contribution is 5.76. The Bertz CT molecular complexity index is 266. The summed E-state index contributed by atoms with van der Waals surface area (Å²) in [6.07, 6.45) is 8.09. The number of hydrogen-bond donors (Lipinski definition) is 1. The van der Waals surface area contributed by atoms with Gasteiger partial charge in [0.25, 0.3) is 0 Å². The second kappa shape index (κ2) is 6.55. The SMILES string of the molecule is CC1CCC(N(C)C(=O)CC2CCNCC2)CC1. The van der Waals surface area contributed by atoms with Crippen LogP contribution in [-0.4, -0.2) is 37.0 Å². The van der Waals surface area contributed by atoms with E-state index >= 15 is 0 Å². The van der Waals surface area contributed by atoms with E-state index in [1.807, 2.05) is 11.9 Å². The van der Waals surface area contributed by atoms with Crippen LogP contribution >= 0.6 is 0 Å². The van der Waals surface area contributed by atoms with Gasteiger partial charge < -0.3 is 10.2 Å². The van der Waals surface area contributed by atoms with Gasteiger partial charge >= 0.3 is 0 Å². The fourth-order valence-electron chi connectivity index (χ4n) is 3.31. The van der Waals surface area contributed by atoms with Crippen molar-refractivity contribution >= 4 is 5.91 Å². The number of amides is 1. The van der Waals surface area contributed by atoms with E-state index in [1.165, 1.54) is 38.5 Å². The molecule has 18 heavy (non-hydrogen) atoms. The summed E-state index contributed by atoms with van der Waals surface area (Å²) < 4.78 is 0. The number of carbonyl (C=O) groups is 1. The normalized spacial score (nSPS) is 30.1. The van der Waals surface area contributed by atoms with E-state index in [1.54, 1.807) is 0 Å². The lowest BCUT2D eigenvalue weighted by Gasteiger charge is -2.34. The van der Waals surface area contributed by atoms with Crippen molar-refractivity contribution in [3.8, 4) is 0 Å². The van der Waals surface area contributed by atoms with Crippen molar-refractivity contribution in [3.63, 3.8) is 0 Å². The summed E-state index contributed by atoms with van der Waals surface area (Å²) in [4.78, 5) is 14.3. The van der Waals surface area contributed by atoms with Crippen molar-refractivity contribution in [1.29, 1.82) is 0 Å². The Morgan fingerprint density at radius 3 is 2.33 bits per heavy atom. The van der Waals surface area contributed by atoms with Crippen LogP contribution in [-0.2, 0) is 4.79 Å². The first kappa shape index (κ1) is 13.9. The smallest absolute Gasteiger partial charge is 0.222 e. The molecule has 1 heterocycles. The Labute approximate surface area is 111 Å². The molecular formula is C15H28N2O. The van der Waals surface area contributed by atoms with E-state index in [9.17, 15) is 4.79 Å². The summed E-state index contributed by atoms with van der Waals surface area (Å²) in [5, 5.41) is 3.36. The van der Waals surface area contributed by atoms with Gasteiger partial charge in [0.15, 0.2) is 0 Å². The van der Waals surface area contributed by atoms with Gasteiger partial charge in [-0.05, 0) is 63.5 Å². The van der Waals surface area contributed by atoms with Crippen LogP contribution in [0.25, 0.3) is 0 Å². The summed E-state index contributed by atoms with van der Waals surface area (Å²) in [6, 6.07) is 0.510. The van der Waals surface area contributed by atoms with E-state index < -0.39 is 0 Å². The highest BCUT2D eigenvalue weighted by atomic mass is 16.2. The van der Waals surface area contributed by atoms with Crippen LogP contribution in [0, 0.1) is 11.8 Å². The van der Waals surface area contributed by atoms with Gasteiger partial charge in [-0.2, -0.15) is 0 Å². The standard InChI is InChI=1S/C15H28N2O/c1-12-3-5-14(6-4-12)17(2)15(18)11-13-7-9-16-10-8-13/h12-14,16H,3-11H2,1-2H3. The first-order chi connectivity index (χ1) is 8.66. The summed E-state index contributed by atoms with van der Waals surface area (Å²) in [5.74, 6) is 1.85. The molecule has 1 saturated heterocycles. The number of carbonyl (C=O) groups excluding carboxylic acids is 1. The molecule has 3 heteroatoms. The first-order valence-electron chi connectivity index (χ1n) is 7.63. The molecule has 0 radical (unpaired) electrons. The van der Waals surface area contributed by atoms with Gasteiger partial charge in [0.2, 0.25) is 5.91 Å². The van der Waals surface area contributed by atoms with Crippen molar-refractivity contribution in [1.82, 2.24) is 10.2 Å². The monoisotopic (exact) mass is 252 g/mol. The van der Waals surface area contributed by atoms with Gasteiger partial charge in [-0.3, -0.25) is 4.79 Å². The molecule has 1 saturated carbocycles. The minimum absolute atomic E-state index is 0.376. The fraction of sp³-hybridized carbons (Fsp3) is 0.933. The molecule has 0 aromatic rings. The van der Waals surface area contributed by atoms with Crippen LogP contribution in [0.5, 0.6) is 0 Å².